The van der Waals surface area contributed by atoms with Crippen LogP contribution < -0.4 is 16.0 Å². The van der Waals surface area contributed by atoms with E-state index in [1.165, 1.54) is 18.8 Å². The van der Waals surface area contributed by atoms with Crippen LogP contribution in [0.3, 0.4) is 0 Å². The summed E-state index contributed by atoms with van der Waals surface area (Å²) in [6.07, 6.45) is 1.32. The number of thioether (sulfide) groups is 1. The van der Waals surface area contributed by atoms with E-state index in [1.807, 2.05) is 24.3 Å². The zero-order chi connectivity index (χ0) is 22.8. The molecule has 0 radical (unpaired) electrons. The number of fused-ring (bicyclic) bond motifs is 1. The third-order valence-corrected chi connectivity index (χ3v) is 7.85. The standard InChI is InChI=1S/C21H28BrN5O4S/c1-26-18-16(20(29)27(2)21(26)30)19(25-17(24-18)12-5-7-13(22)8-6-12)32-11-15(28)23-10-14-4-3-9-31-14/h5-8,14,16-19,24-25H,3-4,9-11H2,1-2H3,(H,23,28). The van der Waals surface area contributed by atoms with Crippen LogP contribution in [-0.4, -0.2) is 78.3 Å². The van der Waals surface area contributed by atoms with Gasteiger partial charge in [0.2, 0.25) is 11.8 Å². The molecule has 32 heavy (non-hydrogen) atoms. The second kappa shape index (κ2) is 10.1. The van der Waals surface area contributed by atoms with Gasteiger partial charge in [0, 0.05) is 31.7 Å². The summed E-state index contributed by atoms with van der Waals surface area (Å²) < 4.78 is 6.52. The quantitative estimate of drug-likeness (QED) is 0.516. The molecule has 3 aliphatic rings. The van der Waals surface area contributed by atoms with Crippen LogP contribution in [0.25, 0.3) is 0 Å². The summed E-state index contributed by atoms with van der Waals surface area (Å²) in [7, 11) is 3.18. The predicted octanol–water partition coefficient (Wildman–Crippen LogP) is 1.46. The molecule has 3 aliphatic heterocycles. The van der Waals surface area contributed by atoms with Gasteiger partial charge in [0.1, 0.15) is 0 Å². The van der Waals surface area contributed by atoms with E-state index < -0.39 is 12.1 Å². The van der Waals surface area contributed by atoms with Gasteiger partial charge in [-0.1, -0.05) is 28.1 Å². The second-order valence-electron chi connectivity index (χ2n) is 8.25. The number of carbonyl (C=O) groups excluding carboxylic acids is 3. The summed E-state index contributed by atoms with van der Waals surface area (Å²) >= 11 is 4.83. The number of nitrogens with one attached hydrogen (secondary N) is 3. The minimum atomic E-state index is -0.523. The van der Waals surface area contributed by atoms with Crippen molar-refractivity contribution in [1.29, 1.82) is 0 Å². The third-order valence-electron chi connectivity index (χ3n) is 6.10. The number of amides is 4. The first-order valence-corrected chi connectivity index (χ1v) is 12.5. The lowest BCUT2D eigenvalue weighted by atomic mass is 9.96. The Bertz CT molecular complexity index is 866. The Kier molecular flexibility index (Phi) is 7.40. The smallest absolute Gasteiger partial charge is 0.327 e. The van der Waals surface area contributed by atoms with Crippen LogP contribution in [0.15, 0.2) is 28.7 Å². The number of carbonyl (C=O) groups is 3. The van der Waals surface area contributed by atoms with E-state index in [0.717, 1.165) is 34.4 Å². The number of halogens is 1. The van der Waals surface area contributed by atoms with Crippen molar-refractivity contribution < 1.29 is 19.1 Å². The highest BCUT2D eigenvalue weighted by Crippen LogP contribution is 2.34. The highest BCUT2D eigenvalue weighted by molar-refractivity contribution is 9.10. The molecule has 0 bridgehead atoms. The molecule has 0 aromatic heterocycles. The number of ether oxygens (including phenoxy) is 1. The van der Waals surface area contributed by atoms with E-state index >= 15 is 0 Å². The van der Waals surface area contributed by atoms with Crippen LogP contribution >= 0.6 is 27.7 Å². The first-order chi connectivity index (χ1) is 15.3. The van der Waals surface area contributed by atoms with Crippen LogP contribution in [0.1, 0.15) is 24.6 Å². The third kappa shape index (κ3) is 4.96. The lowest BCUT2D eigenvalue weighted by molar-refractivity contribution is -0.140. The van der Waals surface area contributed by atoms with Gasteiger partial charge < -0.3 is 15.0 Å². The molecule has 5 unspecified atom stereocenters. The van der Waals surface area contributed by atoms with Crippen molar-refractivity contribution in [3.05, 3.63) is 34.3 Å². The summed E-state index contributed by atoms with van der Waals surface area (Å²) in [6.45, 7) is 1.25. The van der Waals surface area contributed by atoms with Gasteiger partial charge in [-0.2, -0.15) is 0 Å². The maximum absolute atomic E-state index is 13.0. The summed E-state index contributed by atoms with van der Waals surface area (Å²) in [5.41, 5.74) is 0.979. The molecule has 5 atom stereocenters. The molecular formula is C21H28BrN5O4S. The van der Waals surface area contributed by atoms with Gasteiger partial charge in [0.25, 0.3) is 0 Å². The molecular weight excluding hydrogens is 498 g/mol. The zero-order valence-corrected chi connectivity index (χ0v) is 20.4. The molecule has 174 valence electrons. The molecule has 4 amide bonds. The Hall–Kier alpha value is -1.66. The monoisotopic (exact) mass is 525 g/mol. The number of nitrogens with zero attached hydrogens (tertiary/aromatic N) is 2. The largest absolute Gasteiger partial charge is 0.376 e. The summed E-state index contributed by atoms with van der Waals surface area (Å²) in [5.74, 6) is -0.673. The highest BCUT2D eigenvalue weighted by atomic mass is 79.9. The topological polar surface area (TPSA) is 103 Å². The summed E-state index contributed by atoms with van der Waals surface area (Å²) in [5, 5.41) is 9.45. The van der Waals surface area contributed by atoms with Gasteiger partial charge >= 0.3 is 6.03 Å². The van der Waals surface area contributed by atoms with Crippen LogP contribution in [0.2, 0.25) is 0 Å². The van der Waals surface area contributed by atoms with E-state index in [0.29, 0.717) is 6.54 Å². The molecule has 9 nitrogen and oxygen atoms in total. The minimum Gasteiger partial charge on any atom is -0.376 e. The van der Waals surface area contributed by atoms with Crippen molar-refractivity contribution in [3.63, 3.8) is 0 Å². The van der Waals surface area contributed by atoms with Crippen LogP contribution in [0, 0.1) is 5.92 Å². The van der Waals surface area contributed by atoms with Gasteiger partial charge in [0.15, 0.2) is 0 Å². The van der Waals surface area contributed by atoms with Crippen molar-refractivity contribution in [3.8, 4) is 0 Å². The fourth-order valence-electron chi connectivity index (χ4n) is 4.30. The van der Waals surface area contributed by atoms with E-state index in [9.17, 15) is 14.4 Å². The zero-order valence-electron chi connectivity index (χ0n) is 18.0. The average molecular weight is 526 g/mol. The molecule has 1 aromatic rings. The minimum absolute atomic E-state index is 0.0837. The normalized spacial score (nSPS) is 30.4. The van der Waals surface area contributed by atoms with Crippen molar-refractivity contribution in [1.82, 2.24) is 25.8 Å². The lowest BCUT2D eigenvalue weighted by Gasteiger charge is -2.50. The molecule has 0 saturated carbocycles. The Morgan fingerprint density at radius 3 is 2.69 bits per heavy atom. The van der Waals surface area contributed by atoms with Crippen molar-refractivity contribution in [2.45, 2.75) is 36.7 Å². The van der Waals surface area contributed by atoms with E-state index in [1.54, 1.807) is 11.9 Å². The van der Waals surface area contributed by atoms with Gasteiger partial charge in [-0.25, -0.2) is 4.79 Å². The number of hydrogen-bond donors (Lipinski definition) is 3. The first-order valence-electron chi connectivity index (χ1n) is 10.7. The molecule has 0 aliphatic carbocycles. The van der Waals surface area contributed by atoms with Crippen molar-refractivity contribution in [2.24, 2.45) is 5.92 Å². The van der Waals surface area contributed by atoms with Crippen molar-refractivity contribution >= 4 is 45.5 Å². The Morgan fingerprint density at radius 1 is 1.25 bits per heavy atom. The predicted molar refractivity (Wildman–Crippen MR) is 125 cm³/mol. The maximum Gasteiger partial charge on any atom is 0.327 e. The molecule has 3 heterocycles. The summed E-state index contributed by atoms with van der Waals surface area (Å²) in [6, 6.07) is 7.49. The molecule has 4 rings (SSSR count). The second-order valence-corrected chi connectivity index (χ2v) is 10.3. The number of hydrogen-bond acceptors (Lipinski definition) is 7. The Labute approximate surface area is 200 Å². The molecule has 0 spiro atoms. The number of imide groups is 1. The number of urea groups is 1. The van der Waals surface area contributed by atoms with E-state index in [2.05, 4.69) is 31.9 Å². The van der Waals surface area contributed by atoms with E-state index in [4.69, 9.17) is 4.74 Å². The van der Waals surface area contributed by atoms with Crippen LogP contribution in [0.5, 0.6) is 0 Å². The van der Waals surface area contributed by atoms with Crippen LogP contribution in [0.4, 0.5) is 4.79 Å². The molecule has 3 fully saturated rings. The van der Waals surface area contributed by atoms with Gasteiger partial charge in [-0.05, 0) is 30.5 Å². The lowest BCUT2D eigenvalue weighted by Crippen LogP contribution is -2.72. The van der Waals surface area contributed by atoms with Gasteiger partial charge in [-0.15, -0.1) is 11.8 Å². The van der Waals surface area contributed by atoms with Gasteiger partial charge in [-0.3, -0.25) is 25.1 Å². The molecule has 3 saturated heterocycles. The number of benzene rings is 1. The average Bonchev–Trinajstić information content (AvgIpc) is 3.32. The molecule has 11 heteroatoms. The molecule has 3 N–H and O–H groups in total. The SMILES string of the molecule is CN1C(=O)C2C(SCC(=O)NCC3CCCO3)NC(c3ccc(Br)cc3)NC2N(C)C1=O. The molecule has 1 aromatic carbocycles. The fourth-order valence-corrected chi connectivity index (χ4v) is 5.70. The van der Waals surface area contributed by atoms with E-state index in [-0.39, 0.29) is 41.2 Å². The maximum atomic E-state index is 13.0. The van der Waals surface area contributed by atoms with Gasteiger partial charge in [0.05, 0.1) is 35.5 Å². The number of rotatable bonds is 6. The summed E-state index contributed by atoms with van der Waals surface area (Å²) in [4.78, 5) is 40.7. The fraction of sp³-hybridized carbons (Fsp3) is 0.571. The first kappa shape index (κ1) is 23.5. The van der Waals surface area contributed by atoms with Crippen molar-refractivity contribution in [2.75, 3.05) is 33.0 Å². The Balaban J connectivity index is 1.47. The Morgan fingerprint density at radius 2 is 2.00 bits per heavy atom. The highest BCUT2D eigenvalue weighted by Gasteiger charge is 2.51. The van der Waals surface area contributed by atoms with Crippen LogP contribution in [-0.2, 0) is 14.3 Å².